The number of terminal acetylenes is 1. The molecule has 2 atom stereocenters. The molecule has 3 rings (SSSR count). The van der Waals surface area contributed by atoms with Crippen LogP contribution in [-0.4, -0.2) is 82.6 Å². The first-order chi connectivity index (χ1) is 16.3. The number of alkyl halides is 1. The van der Waals surface area contributed by atoms with Gasteiger partial charge in [0.05, 0.1) is 13.0 Å². The average Bonchev–Trinajstić information content (AvgIpc) is 3.22. The van der Waals surface area contributed by atoms with Crippen molar-refractivity contribution in [2.75, 3.05) is 32.7 Å². The molecule has 1 aromatic rings. The van der Waals surface area contributed by atoms with Gasteiger partial charge in [-0.05, 0) is 30.5 Å². The minimum Gasteiger partial charge on any atom is -0.356 e. The summed E-state index contributed by atoms with van der Waals surface area (Å²) >= 11 is 12.4. The third-order valence-electron chi connectivity index (χ3n) is 5.96. The molecule has 0 aromatic heterocycles. The van der Waals surface area contributed by atoms with Gasteiger partial charge in [-0.15, -0.1) is 6.42 Å². The molecule has 2 fully saturated rings. The number of hydrogen-bond acceptors (Lipinski definition) is 4. The molecule has 182 valence electrons. The van der Waals surface area contributed by atoms with Crippen LogP contribution in [0.4, 0.5) is 0 Å². The predicted octanol–water partition coefficient (Wildman–Crippen LogP) is 1.64. The highest BCUT2D eigenvalue weighted by atomic mass is 35.5. The lowest BCUT2D eigenvalue weighted by Crippen LogP contribution is -2.62. The SMILES string of the molecule is C#CCN1C(=O)CN(C(Cl)Cc2ccc(Cl)cc2)C(=O)C1CC(=O)NCCCN1CCCC1=O. The number of carbonyl (C=O) groups is 4. The van der Waals surface area contributed by atoms with E-state index in [9.17, 15) is 19.2 Å². The second kappa shape index (κ2) is 12.1. The Morgan fingerprint density at radius 2 is 1.94 bits per heavy atom. The monoisotopic (exact) mass is 506 g/mol. The van der Waals surface area contributed by atoms with E-state index in [2.05, 4.69) is 11.2 Å². The molecule has 4 amide bonds. The van der Waals surface area contributed by atoms with Gasteiger partial charge in [0.1, 0.15) is 18.1 Å². The average molecular weight is 507 g/mol. The zero-order chi connectivity index (χ0) is 24.7. The summed E-state index contributed by atoms with van der Waals surface area (Å²) in [5.41, 5.74) is 0.0932. The van der Waals surface area contributed by atoms with Gasteiger partial charge in [0.15, 0.2) is 0 Å². The molecule has 2 saturated heterocycles. The number of likely N-dealkylation sites (tertiary alicyclic amines) is 1. The zero-order valence-electron chi connectivity index (χ0n) is 18.8. The van der Waals surface area contributed by atoms with Crippen molar-refractivity contribution in [1.29, 1.82) is 0 Å². The molecule has 0 bridgehead atoms. The van der Waals surface area contributed by atoms with E-state index in [1.54, 1.807) is 29.2 Å². The molecule has 34 heavy (non-hydrogen) atoms. The number of halogens is 2. The molecule has 1 aromatic carbocycles. The molecule has 0 saturated carbocycles. The topological polar surface area (TPSA) is 90.0 Å². The van der Waals surface area contributed by atoms with Crippen LogP contribution < -0.4 is 5.32 Å². The van der Waals surface area contributed by atoms with Gasteiger partial charge in [0.25, 0.3) is 0 Å². The van der Waals surface area contributed by atoms with Crippen LogP contribution in [0.5, 0.6) is 0 Å². The van der Waals surface area contributed by atoms with Gasteiger partial charge in [-0.2, -0.15) is 0 Å². The highest BCUT2D eigenvalue weighted by molar-refractivity contribution is 6.30. The van der Waals surface area contributed by atoms with E-state index in [1.807, 2.05) is 0 Å². The molecule has 2 unspecified atom stereocenters. The zero-order valence-corrected chi connectivity index (χ0v) is 20.4. The maximum absolute atomic E-state index is 13.3. The molecule has 2 aliphatic heterocycles. The largest absolute Gasteiger partial charge is 0.356 e. The molecule has 10 heteroatoms. The number of rotatable bonds is 10. The Labute approximate surface area is 209 Å². The highest BCUT2D eigenvalue weighted by Gasteiger charge is 2.42. The van der Waals surface area contributed by atoms with E-state index >= 15 is 0 Å². The highest BCUT2D eigenvalue weighted by Crippen LogP contribution is 2.22. The fraction of sp³-hybridized carbons (Fsp3) is 0.500. The van der Waals surface area contributed by atoms with E-state index in [0.717, 1.165) is 18.5 Å². The third-order valence-corrected chi connectivity index (χ3v) is 6.61. The molecule has 2 aliphatic rings. The van der Waals surface area contributed by atoms with Gasteiger partial charge in [-0.3, -0.25) is 19.2 Å². The van der Waals surface area contributed by atoms with E-state index in [0.29, 0.717) is 37.4 Å². The van der Waals surface area contributed by atoms with Crippen LogP contribution in [0.2, 0.25) is 5.02 Å². The van der Waals surface area contributed by atoms with Crippen molar-refractivity contribution >= 4 is 46.8 Å². The number of benzene rings is 1. The summed E-state index contributed by atoms with van der Waals surface area (Å²) in [5, 5.41) is 3.36. The number of nitrogens with one attached hydrogen (secondary N) is 1. The normalized spacial score (nSPS) is 19.4. The van der Waals surface area contributed by atoms with Gasteiger partial charge >= 0.3 is 0 Å². The molecule has 0 radical (unpaired) electrons. The maximum atomic E-state index is 13.3. The fourth-order valence-electron chi connectivity index (χ4n) is 4.16. The lowest BCUT2D eigenvalue weighted by molar-refractivity contribution is -0.157. The number of carbonyl (C=O) groups excluding carboxylic acids is 4. The summed E-state index contributed by atoms with van der Waals surface area (Å²) in [7, 11) is 0. The minimum atomic E-state index is -1.02. The quantitative estimate of drug-likeness (QED) is 0.226. The van der Waals surface area contributed by atoms with Crippen molar-refractivity contribution in [2.45, 2.75) is 43.6 Å². The summed E-state index contributed by atoms with van der Waals surface area (Å²) in [6.07, 6.45) is 7.56. The van der Waals surface area contributed by atoms with Crippen LogP contribution in [0.3, 0.4) is 0 Å². The van der Waals surface area contributed by atoms with Crippen LogP contribution in [0.1, 0.15) is 31.2 Å². The van der Waals surface area contributed by atoms with Gasteiger partial charge < -0.3 is 20.0 Å². The molecular formula is C24H28Cl2N4O4. The smallest absolute Gasteiger partial charge is 0.247 e. The Balaban J connectivity index is 1.59. The summed E-state index contributed by atoms with van der Waals surface area (Å²) in [6, 6.07) is 6.04. The van der Waals surface area contributed by atoms with Gasteiger partial charge in [-0.25, -0.2) is 0 Å². The first-order valence-corrected chi connectivity index (χ1v) is 12.1. The molecule has 8 nitrogen and oxygen atoms in total. The van der Waals surface area contributed by atoms with Gasteiger partial charge in [0, 0.05) is 37.5 Å². The van der Waals surface area contributed by atoms with Crippen LogP contribution in [0.15, 0.2) is 24.3 Å². The third kappa shape index (κ3) is 6.64. The Hall–Kier alpha value is -2.76. The Kier molecular flexibility index (Phi) is 9.20. The van der Waals surface area contributed by atoms with Gasteiger partial charge in [0.2, 0.25) is 23.6 Å². The van der Waals surface area contributed by atoms with Gasteiger partial charge in [-0.1, -0.05) is 41.3 Å². The molecule has 0 aliphatic carbocycles. The summed E-state index contributed by atoms with van der Waals surface area (Å²) < 4.78 is 0. The fourth-order valence-corrected chi connectivity index (χ4v) is 4.62. The maximum Gasteiger partial charge on any atom is 0.247 e. The predicted molar refractivity (Wildman–Crippen MR) is 129 cm³/mol. The second-order valence-corrected chi connectivity index (χ2v) is 9.30. The Morgan fingerprint density at radius 3 is 2.59 bits per heavy atom. The van der Waals surface area contributed by atoms with E-state index in [-0.39, 0.29) is 37.2 Å². The van der Waals surface area contributed by atoms with Crippen molar-refractivity contribution in [3.05, 3.63) is 34.9 Å². The number of nitrogens with zero attached hydrogens (tertiary/aromatic N) is 3. The van der Waals surface area contributed by atoms with Crippen molar-refractivity contribution < 1.29 is 19.2 Å². The molecule has 2 heterocycles. The standard InChI is InChI=1S/C24H28Cl2N4O4/c1-2-11-29-19(15-21(31)27-10-4-13-28-12-3-5-22(28)32)24(34)30(16-23(29)33)20(26)14-17-6-8-18(25)9-7-17/h1,6-9,19-20H,3-5,10-16H2,(H,27,31). The van der Waals surface area contributed by atoms with Crippen molar-refractivity contribution in [1.82, 2.24) is 20.0 Å². The number of amides is 4. The number of hydrogen-bond donors (Lipinski definition) is 1. The van der Waals surface area contributed by atoms with Crippen LogP contribution >= 0.6 is 23.2 Å². The minimum absolute atomic E-state index is 0.0719. The van der Waals surface area contributed by atoms with E-state index in [1.165, 1.54) is 9.80 Å². The van der Waals surface area contributed by atoms with Crippen LogP contribution in [0, 0.1) is 12.3 Å². The molecule has 1 N–H and O–H groups in total. The van der Waals surface area contributed by atoms with Crippen LogP contribution in [-0.2, 0) is 25.6 Å². The number of piperazine rings is 1. The molecule has 0 spiro atoms. The van der Waals surface area contributed by atoms with Crippen molar-refractivity contribution in [3.63, 3.8) is 0 Å². The van der Waals surface area contributed by atoms with Crippen molar-refractivity contribution in [2.24, 2.45) is 0 Å². The summed E-state index contributed by atoms with van der Waals surface area (Å²) in [4.78, 5) is 54.6. The van der Waals surface area contributed by atoms with E-state index in [4.69, 9.17) is 29.6 Å². The lowest BCUT2D eigenvalue weighted by Gasteiger charge is -2.41. The second-order valence-electron chi connectivity index (χ2n) is 8.36. The molecular weight excluding hydrogens is 479 g/mol. The van der Waals surface area contributed by atoms with E-state index < -0.39 is 17.5 Å². The first-order valence-electron chi connectivity index (χ1n) is 11.3. The first kappa shape index (κ1) is 25.9. The lowest BCUT2D eigenvalue weighted by atomic mass is 10.0. The van der Waals surface area contributed by atoms with Crippen LogP contribution in [0.25, 0.3) is 0 Å². The Morgan fingerprint density at radius 1 is 1.21 bits per heavy atom. The summed E-state index contributed by atoms with van der Waals surface area (Å²) in [5.74, 6) is 1.38. The Bertz CT molecular complexity index is 963. The van der Waals surface area contributed by atoms with Crippen molar-refractivity contribution in [3.8, 4) is 12.3 Å². The summed E-state index contributed by atoms with van der Waals surface area (Å²) in [6.45, 7) is 1.42.